The van der Waals surface area contributed by atoms with Gasteiger partial charge in [-0.2, -0.15) is 0 Å². The van der Waals surface area contributed by atoms with Crippen molar-refractivity contribution in [1.82, 2.24) is 0 Å². The summed E-state index contributed by atoms with van der Waals surface area (Å²) in [5.74, 6) is 0. The summed E-state index contributed by atoms with van der Waals surface area (Å²) in [7, 11) is 0. The van der Waals surface area contributed by atoms with Gasteiger partial charge < -0.3 is 12.3 Å². The van der Waals surface area contributed by atoms with Crippen LogP contribution >= 0.6 is 0 Å². The Bertz CT molecular complexity index is 7.61. The van der Waals surface area contributed by atoms with Gasteiger partial charge in [0.05, 0.1) is 0 Å². The standard InChI is InChI=1S/2K.2N.Ti/q2*+1;2*-3;+4. The third-order valence-electron chi connectivity index (χ3n) is 0. The van der Waals surface area contributed by atoms with Crippen molar-refractivity contribution in [1.29, 1.82) is 0 Å². The first-order chi connectivity index (χ1) is 0. The minimum absolute atomic E-state index is 0. The van der Waals surface area contributed by atoms with Gasteiger partial charge >= 0.3 is 124 Å². The molecule has 0 N–H and O–H groups in total. The van der Waals surface area contributed by atoms with Crippen LogP contribution < -0.4 is 103 Å². The molecule has 0 fully saturated rings. The molecule has 0 amide bonds. The second kappa shape index (κ2) is 24.7. The molecule has 0 bridgehead atoms. The van der Waals surface area contributed by atoms with E-state index in [2.05, 4.69) is 0 Å². The van der Waals surface area contributed by atoms with E-state index in [0.717, 1.165) is 0 Å². The van der Waals surface area contributed by atoms with Gasteiger partial charge in [-0.25, -0.2) is 0 Å². The zero-order chi connectivity index (χ0) is 0. The van der Waals surface area contributed by atoms with Crippen LogP contribution in [0.3, 0.4) is 0 Å². The average molecular weight is 154 g/mol. The van der Waals surface area contributed by atoms with E-state index in [-0.39, 0.29) is 137 Å². The molecule has 0 aliphatic rings. The van der Waals surface area contributed by atoms with Crippen molar-refractivity contribution in [3.63, 3.8) is 0 Å². The van der Waals surface area contributed by atoms with E-state index in [4.69, 9.17) is 0 Å². The Morgan fingerprint density at radius 1 is 0.600 bits per heavy atom. The van der Waals surface area contributed by atoms with Crippen LogP contribution in [0.2, 0.25) is 0 Å². The summed E-state index contributed by atoms with van der Waals surface area (Å²) >= 11 is 0. The van der Waals surface area contributed by atoms with Gasteiger partial charge in [0.2, 0.25) is 0 Å². The van der Waals surface area contributed by atoms with Gasteiger partial charge in [0.15, 0.2) is 0 Å². The maximum atomic E-state index is 0. The van der Waals surface area contributed by atoms with Gasteiger partial charge in [-0.1, -0.05) is 0 Å². The fourth-order valence-corrected chi connectivity index (χ4v) is 0. The summed E-state index contributed by atoms with van der Waals surface area (Å²) in [6, 6.07) is 0. The van der Waals surface area contributed by atoms with E-state index in [1.807, 2.05) is 0 Å². The Labute approximate surface area is 132 Å². The largest absolute Gasteiger partial charge is 4.00 e. The normalized spacial score (nSPS) is 0. The van der Waals surface area contributed by atoms with Gasteiger partial charge in [-0.05, 0) is 0 Å². The maximum Gasteiger partial charge on any atom is 4.00 e. The topological polar surface area (TPSA) is 61.0 Å². The molecule has 5 heavy (non-hydrogen) atoms. The van der Waals surface area contributed by atoms with Gasteiger partial charge in [0.25, 0.3) is 0 Å². The fourth-order valence-electron chi connectivity index (χ4n) is 0. The Morgan fingerprint density at radius 2 is 0.600 bits per heavy atom. The predicted octanol–water partition coefficient (Wildman–Crippen LogP) is -5.42. The second-order valence-corrected chi connectivity index (χ2v) is 0. The zero-order valence-corrected chi connectivity index (χ0v) is 11.2. The number of nitrogens with zero attached hydrogens (tertiary/aromatic N) is 2. The molecular weight excluding hydrogens is 154 g/mol. The number of rotatable bonds is 0. The molecule has 0 atom stereocenters. The van der Waals surface area contributed by atoms with Crippen molar-refractivity contribution in [3.05, 3.63) is 12.3 Å². The summed E-state index contributed by atoms with van der Waals surface area (Å²) in [5, 5.41) is 0. The molecule has 0 rings (SSSR count). The summed E-state index contributed by atoms with van der Waals surface area (Å²) in [6.45, 7) is 0. The molecule has 0 aliphatic heterocycles. The van der Waals surface area contributed by atoms with E-state index in [1.54, 1.807) is 0 Å². The first kappa shape index (κ1) is 36.5. The molecule has 0 aromatic rings. The fraction of sp³-hybridized carbons (Fsp3) is 0. The summed E-state index contributed by atoms with van der Waals surface area (Å²) < 4.78 is 0. The van der Waals surface area contributed by atoms with Crippen LogP contribution in [0.15, 0.2) is 0 Å². The number of hydrogen-bond donors (Lipinski definition) is 0. The number of hydrogen-bond acceptors (Lipinski definition) is 0. The van der Waals surface area contributed by atoms with Crippen molar-refractivity contribution in [2.24, 2.45) is 0 Å². The van der Waals surface area contributed by atoms with E-state index >= 15 is 0 Å². The summed E-state index contributed by atoms with van der Waals surface area (Å²) in [6.07, 6.45) is 0. The van der Waals surface area contributed by atoms with E-state index in [9.17, 15) is 0 Å². The van der Waals surface area contributed by atoms with Crippen molar-refractivity contribution in [2.45, 2.75) is 0 Å². The predicted molar refractivity (Wildman–Crippen MR) is 6.72 cm³/mol. The van der Waals surface area contributed by atoms with E-state index < -0.39 is 0 Å². The Kier molecular flexibility index (Phi) is 180. The van der Waals surface area contributed by atoms with E-state index in [1.165, 1.54) is 0 Å². The smallest absolute Gasteiger partial charge is 3.00 e. The molecule has 0 heterocycles. The quantitative estimate of drug-likeness (QED) is 0.313. The van der Waals surface area contributed by atoms with Crippen molar-refractivity contribution < 1.29 is 124 Å². The zero-order valence-electron chi connectivity index (χ0n) is 3.39. The van der Waals surface area contributed by atoms with Gasteiger partial charge in [0.1, 0.15) is 0 Å². The minimum Gasteiger partial charge on any atom is -3.00 e. The molecule has 0 saturated carbocycles. The molecule has 2 nitrogen and oxygen atoms in total. The first-order valence-corrected chi connectivity index (χ1v) is 0. The average Bonchev–Trinajstić information content (AvgIpc) is 0. The maximum absolute atomic E-state index is 0. The Morgan fingerprint density at radius 3 is 0.600 bits per heavy atom. The molecule has 0 radical (unpaired) electrons. The second-order valence-electron chi connectivity index (χ2n) is 0. The van der Waals surface area contributed by atoms with Crippen LogP contribution in [0.5, 0.6) is 0 Å². The van der Waals surface area contributed by atoms with Crippen LogP contribution in [-0.4, -0.2) is 0 Å². The van der Waals surface area contributed by atoms with E-state index in [0.29, 0.717) is 0 Å². The third-order valence-corrected chi connectivity index (χ3v) is 0. The van der Waals surface area contributed by atoms with Crippen molar-refractivity contribution in [3.8, 4) is 0 Å². The first-order valence-electron chi connectivity index (χ1n) is 0. The van der Waals surface area contributed by atoms with Crippen molar-refractivity contribution >= 4 is 0 Å². The molecule has 0 unspecified atom stereocenters. The van der Waals surface area contributed by atoms with Gasteiger partial charge in [0, 0.05) is 0 Å². The Balaban J connectivity index is 0. The summed E-state index contributed by atoms with van der Waals surface area (Å²) in [5.41, 5.74) is 0. The van der Waals surface area contributed by atoms with Crippen LogP contribution in [-0.2, 0) is 21.7 Å². The third kappa shape index (κ3) is 18.1. The SMILES string of the molecule is [K+].[K+].[N-3].[N-3].[Ti+4]. The molecule has 5 heteroatoms. The van der Waals surface area contributed by atoms with Crippen LogP contribution in [0.1, 0.15) is 0 Å². The molecule has 0 spiro atoms. The molecule has 0 aromatic heterocycles. The monoisotopic (exact) mass is 154 g/mol. The minimum atomic E-state index is 0. The molecular formula is K2N2Ti. The van der Waals surface area contributed by atoms with Crippen molar-refractivity contribution in [2.75, 3.05) is 0 Å². The van der Waals surface area contributed by atoms with Crippen LogP contribution in [0, 0.1) is 0 Å². The molecule has 16 valence electrons. The Hall–Kier alpha value is 3.91. The van der Waals surface area contributed by atoms with Gasteiger partial charge in [-0.3, -0.25) is 0 Å². The van der Waals surface area contributed by atoms with Gasteiger partial charge in [-0.15, -0.1) is 0 Å². The molecule has 0 saturated heterocycles. The van der Waals surface area contributed by atoms with Crippen LogP contribution in [0.25, 0.3) is 12.3 Å². The molecule has 0 aliphatic carbocycles. The van der Waals surface area contributed by atoms with Crippen LogP contribution in [0.4, 0.5) is 0 Å². The summed E-state index contributed by atoms with van der Waals surface area (Å²) in [4.78, 5) is 0. The molecule has 0 aromatic carbocycles.